The predicted molar refractivity (Wildman–Crippen MR) is 157 cm³/mol. The summed E-state index contributed by atoms with van der Waals surface area (Å²) in [4.78, 5) is 53.7. The molecule has 0 radical (unpaired) electrons. The van der Waals surface area contributed by atoms with E-state index in [1.54, 1.807) is 0 Å². The maximum Gasteiger partial charge on any atom is 0.490 e. The van der Waals surface area contributed by atoms with Gasteiger partial charge in [-0.2, -0.15) is 39.5 Å². The minimum Gasteiger partial charge on any atom is -0.475 e. The van der Waals surface area contributed by atoms with Crippen molar-refractivity contribution in [1.82, 2.24) is 19.8 Å². The number of likely N-dealkylation sites (tertiary alicyclic amines) is 2. The van der Waals surface area contributed by atoms with Gasteiger partial charge in [0.15, 0.2) is 0 Å². The smallest absolute Gasteiger partial charge is 0.475 e. The van der Waals surface area contributed by atoms with E-state index in [1.165, 1.54) is 5.56 Å². The number of carbonyl (C=O) groups excluding carboxylic acids is 1. The molecule has 0 spiro atoms. The fourth-order valence-corrected chi connectivity index (χ4v) is 5.15. The van der Waals surface area contributed by atoms with Crippen LogP contribution in [-0.2, 0) is 37.0 Å². The largest absolute Gasteiger partial charge is 0.490 e. The van der Waals surface area contributed by atoms with Crippen molar-refractivity contribution in [1.29, 1.82) is 0 Å². The van der Waals surface area contributed by atoms with Crippen LogP contribution in [0.1, 0.15) is 36.7 Å². The molecule has 2 fully saturated rings. The Hall–Kier alpha value is -4.53. The Bertz CT molecular complexity index is 1390. The number of carboxylic acids is 3. The molecular weight excluding hydrogens is 715 g/mol. The number of nitrogens with zero attached hydrogens (tertiary/aromatic N) is 4. The lowest BCUT2D eigenvalue weighted by Gasteiger charge is -2.31. The fraction of sp³-hybridized carbons (Fsp3) is 0.533. The molecule has 2 aromatic heterocycles. The number of rotatable bonds is 6. The Balaban J connectivity index is 0.000000505. The van der Waals surface area contributed by atoms with Crippen molar-refractivity contribution < 1.29 is 78.7 Å². The van der Waals surface area contributed by atoms with Gasteiger partial charge in [0.05, 0.1) is 17.7 Å². The Labute approximate surface area is 284 Å². The van der Waals surface area contributed by atoms with Gasteiger partial charge in [0.25, 0.3) is 0 Å². The lowest BCUT2D eigenvalue weighted by Crippen LogP contribution is -2.42. The summed E-state index contributed by atoms with van der Waals surface area (Å²) in [6.45, 7) is 9.59. The van der Waals surface area contributed by atoms with E-state index in [2.05, 4.69) is 38.0 Å². The Morgan fingerprint density at radius 2 is 1.37 bits per heavy atom. The molecule has 3 N–H and O–H groups in total. The third-order valence-corrected chi connectivity index (χ3v) is 7.21. The number of aryl methyl sites for hydroxylation is 1. The summed E-state index contributed by atoms with van der Waals surface area (Å²) in [7, 11) is 0. The maximum absolute atomic E-state index is 13.2. The Morgan fingerprint density at radius 1 is 0.843 bits per heavy atom. The van der Waals surface area contributed by atoms with Crippen molar-refractivity contribution in [2.24, 2.45) is 11.3 Å². The molecule has 2 saturated heterocycles. The summed E-state index contributed by atoms with van der Waals surface area (Å²) in [6.07, 6.45) is -9.61. The molecule has 0 unspecified atom stereocenters. The summed E-state index contributed by atoms with van der Waals surface area (Å²) in [5.41, 5.74) is 2.91. The maximum atomic E-state index is 13.2. The van der Waals surface area contributed by atoms with Crippen LogP contribution in [0, 0.1) is 18.3 Å². The Kier molecular flexibility index (Phi) is 16.7. The molecule has 4 heterocycles. The second-order valence-electron chi connectivity index (χ2n) is 11.1. The number of esters is 1. The molecule has 0 aromatic carbocycles. The van der Waals surface area contributed by atoms with Gasteiger partial charge in [0.1, 0.15) is 0 Å². The van der Waals surface area contributed by atoms with Gasteiger partial charge in [-0.05, 0) is 57.0 Å². The van der Waals surface area contributed by atoms with Crippen LogP contribution in [0.25, 0.3) is 0 Å². The molecule has 0 amide bonds. The van der Waals surface area contributed by atoms with E-state index in [-0.39, 0.29) is 11.9 Å². The zero-order valence-corrected chi connectivity index (χ0v) is 27.1. The first kappa shape index (κ1) is 44.5. The summed E-state index contributed by atoms with van der Waals surface area (Å²) in [5.74, 6) is -8.02. The van der Waals surface area contributed by atoms with Gasteiger partial charge in [-0.1, -0.05) is 12.1 Å². The zero-order chi connectivity index (χ0) is 39.2. The van der Waals surface area contributed by atoms with Gasteiger partial charge in [0, 0.05) is 56.7 Å². The van der Waals surface area contributed by atoms with Gasteiger partial charge in [-0.25, -0.2) is 14.4 Å². The minimum absolute atomic E-state index is 0.0158. The first-order chi connectivity index (χ1) is 23.4. The first-order valence-corrected chi connectivity index (χ1v) is 14.8. The Morgan fingerprint density at radius 3 is 1.82 bits per heavy atom. The van der Waals surface area contributed by atoms with E-state index in [4.69, 9.17) is 34.4 Å². The van der Waals surface area contributed by atoms with Crippen LogP contribution >= 0.6 is 0 Å². The second kappa shape index (κ2) is 19.2. The molecule has 4 rings (SSSR count). The van der Waals surface area contributed by atoms with Crippen molar-refractivity contribution in [2.75, 3.05) is 32.8 Å². The highest BCUT2D eigenvalue weighted by Gasteiger charge is 2.54. The number of carboxylic acid groups (broad SMARTS) is 3. The number of carbonyl (C=O) groups is 4. The summed E-state index contributed by atoms with van der Waals surface area (Å²) in [5, 5.41) is 21.4. The number of halogens is 9. The molecule has 2 aromatic rings. The van der Waals surface area contributed by atoms with Crippen LogP contribution in [-0.4, -0.2) is 110 Å². The highest BCUT2D eigenvalue weighted by atomic mass is 19.4. The molecule has 2 aliphatic heterocycles. The van der Waals surface area contributed by atoms with E-state index in [0.29, 0.717) is 6.61 Å². The average molecular weight is 751 g/mol. The van der Waals surface area contributed by atoms with Crippen LogP contribution in [0.3, 0.4) is 0 Å². The number of aliphatic carboxylic acids is 3. The van der Waals surface area contributed by atoms with Crippen LogP contribution in [0.5, 0.6) is 0 Å². The van der Waals surface area contributed by atoms with Gasteiger partial charge in [0.2, 0.25) is 0 Å². The number of hydrogen-bond acceptors (Lipinski definition) is 9. The van der Waals surface area contributed by atoms with E-state index in [9.17, 15) is 44.3 Å². The van der Waals surface area contributed by atoms with Gasteiger partial charge >= 0.3 is 42.4 Å². The molecule has 51 heavy (non-hydrogen) atoms. The highest BCUT2D eigenvalue weighted by Crippen LogP contribution is 2.44. The third kappa shape index (κ3) is 15.5. The zero-order valence-electron chi connectivity index (χ0n) is 27.1. The highest BCUT2D eigenvalue weighted by molar-refractivity contribution is 5.78. The van der Waals surface area contributed by atoms with Crippen LogP contribution in [0.4, 0.5) is 39.5 Å². The first-order valence-electron chi connectivity index (χ1n) is 14.8. The average Bonchev–Trinajstić information content (AvgIpc) is 3.25. The molecule has 2 aliphatic rings. The number of fused-ring (bicyclic) bond motifs is 1. The van der Waals surface area contributed by atoms with Gasteiger partial charge in [-0.3, -0.25) is 24.6 Å². The van der Waals surface area contributed by atoms with Crippen LogP contribution < -0.4 is 0 Å². The molecule has 0 saturated carbocycles. The van der Waals surface area contributed by atoms with Crippen molar-refractivity contribution in [2.45, 2.75) is 58.3 Å². The normalized spacial score (nSPS) is 19.3. The van der Waals surface area contributed by atoms with Gasteiger partial charge < -0.3 is 20.1 Å². The minimum atomic E-state index is -5.08. The standard InChI is InChI=1S/C24H32N4O2.3C2HF3O2/c1-3-30-23(29)24-10-6-12-27(14-20-8-5-11-25-13-20)15-21(24)16-28(18-24)17-22-9-4-7-19(2)26-22;3*3-2(4,5)1(6)7/h4-5,7-9,11,13,21H,3,6,10,12,14-18H2,1-2H3;3*(H,6,7)/t21-,24-;;;/m0.../s1. The molecule has 286 valence electrons. The molecular formula is C30H35F9N4O8. The molecule has 0 aliphatic carbocycles. The SMILES string of the molecule is CCOC(=O)[C@]12CCCN(Cc3cccnc3)C[C@H]1CN(Cc1cccc(C)n1)C2.O=C(O)C(F)(F)F.O=C(O)C(F)(F)F.O=C(O)C(F)(F)F. The number of pyridine rings is 2. The van der Waals surface area contributed by atoms with E-state index >= 15 is 0 Å². The summed E-state index contributed by atoms with van der Waals surface area (Å²) < 4.78 is 101. The van der Waals surface area contributed by atoms with Crippen molar-refractivity contribution in [3.63, 3.8) is 0 Å². The number of alkyl halides is 9. The second-order valence-corrected chi connectivity index (χ2v) is 11.1. The summed E-state index contributed by atoms with van der Waals surface area (Å²) >= 11 is 0. The lowest BCUT2D eigenvalue weighted by atomic mass is 9.75. The number of aromatic nitrogens is 2. The predicted octanol–water partition coefficient (Wildman–Crippen LogP) is 4.96. The van der Waals surface area contributed by atoms with E-state index in [1.807, 2.05) is 38.4 Å². The number of hydrogen-bond donors (Lipinski definition) is 3. The lowest BCUT2D eigenvalue weighted by molar-refractivity contribution is -0.193. The topological polar surface area (TPSA) is 170 Å². The third-order valence-electron chi connectivity index (χ3n) is 7.21. The van der Waals surface area contributed by atoms with E-state index in [0.717, 1.165) is 63.5 Å². The van der Waals surface area contributed by atoms with Crippen molar-refractivity contribution >= 4 is 23.9 Å². The fourth-order valence-electron chi connectivity index (χ4n) is 5.15. The van der Waals surface area contributed by atoms with Crippen LogP contribution in [0.15, 0.2) is 42.7 Å². The van der Waals surface area contributed by atoms with Crippen LogP contribution in [0.2, 0.25) is 0 Å². The monoisotopic (exact) mass is 750 g/mol. The quantitative estimate of drug-likeness (QED) is 0.268. The molecule has 21 heteroatoms. The number of ether oxygens (including phenoxy) is 1. The molecule has 12 nitrogen and oxygen atoms in total. The van der Waals surface area contributed by atoms with Crippen molar-refractivity contribution in [3.8, 4) is 0 Å². The van der Waals surface area contributed by atoms with Crippen molar-refractivity contribution in [3.05, 3.63) is 59.7 Å². The summed E-state index contributed by atoms with van der Waals surface area (Å²) in [6, 6.07) is 10.3. The van der Waals surface area contributed by atoms with E-state index < -0.39 is 41.9 Å². The van der Waals surface area contributed by atoms with Gasteiger partial charge in [-0.15, -0.1) is 0 Å². The molecule has 0 bridgehead atoms. The molecule has 2 atom stereocenters.